The van der Waals surface area contributed by atoms with Gasteiger partial charge in [-0.2, -0.15) is 0 Å². The van der Waals surface area contributed by atoms with Crippen molar-refractivity contribution >= 4 is 11.8 Å². The lowest BCUT2D eigenvalue weighted by molar-refractivity contribution is -0.138. The highest BCUT2D eigenvalue weighted by molar-refractivity contribution is 5.93. The number of rotatable bonds is 6. The van der Waals surface area contributed by atoms with Crippen LogP contribution < -0.4 is 5.32 Å². The maximum Gasteiger partial charge on any atom is 0.248 e. The Hall–Kier alpha value is -1.10. The molecular weight excluding hydrogens is 244 g/mol. The molecule has 0 radical (unpaired) electrons. The molecular formula is C14H24N2O3. The van der Waals surface area contributed by atoms with Crippen molar-refractivity contribution < 1.29 is 14.3 Å². The van der Waals surface area contributed by atoms with Crippen LogP contribution in [0.25, 0.3) is 0 Å². The van der Waals surface area contributed by atoms with Gasteiger partial charge in [0.15, 0.2) is 0 Å². The van der Waals surface area contributed by atoms with E-state index in [4.69, 9.17) is 4.74 Å². The van der Waals surface area contributed by atoms with E-state index in [1.165, 1.54) is 12.8 Å². The van der Waals surface area contributed by atoms with Crippen LogP contribution in [0.5, 0.6) is 0 Å². The number of nitrogens with one attached hydrogen (secondary N) is 1. The molecule has 2 aliphatic rings. The lowest BCUT2D eigenvalue weighted by atomic mass is 9.97. The highest BCUT2D eigenvalue weighted by Gasteiger charge is 2.38. The molecule has 2 fully saturated rings. The van der Waals surface area contributed by atoms with E-state index < -0.39 is 5.54 Å². The first-order valence-electron chi connectivity index (χ1n) is 7.23. The van der Waals surface area contributed by atoms with Crippen LogP contribution in [-0.2, 0) is 14.3 Å². The van der Waals surface area contributed by atoms with Gasteiger partial charge in [0.2, 0.25) is 11.8 Å². The average molecular weight is 268 g/mol. The van der Waals surface area contributed by atoms with Crippen molar-refractivity contribution in [3.63, 3.8) is 0 Å². The van der Waals surface area contributed by atoms with Crippen LogP contribution in [0.1, 0.15) is 39.5 Å². The molecule has 5 heteroatoms. The van der Waals surface area contributed by atoms with E-state index >= 15 is 0 Å². The molecule has 1 saturated carbocycles. The van der Waals surface area contributed by atoms with E-state index in [2.05, 4.69) is 5.32 Å². The Morgan fingerprint density at radius 2 is 2.16 bits per heavy atom. The molecule has 1 atom stereocenters. The van der Waals surface area contributed by atoms with Crippen LogP contribution >= 0.6 is 0 Å². The highest BCUT2D eigenvalue weighted by atomic mass is 16.5. The zero-order valence-electron chi connectivity index (χ0n) is 11.9. The maximum atomic E-state index is 12.4. The van der Waals surface area contributed by atoms with Gasteiger partial charge in [-0.25, -0.2) is 0 Å². The number of hydrogen-bond acceptors (Lipinski definition) is 3. The van der Waals surface area contributed by atoms with Crippen LogP contribution in [0.3, 0.4) is 0 Å². The summed E-state index contributed by atoms with van der Waals surface area (Å²) in [5.74, 6) is 0.707. The summed E-state index contributed by atoms with van der Waals surface area (Å²) in [6.45, 7) is 6.17. The lowest BCUT2D eigenvalue weighted by Crippen LogP contribution is -2.55. The molecule has 5 nitrogen and oxygen atoms in total. The van der Waals surface area contributed by atoms with Crippen molar-refractivity contribution in [2.75, 3.05) is 26.3 Å². The van der Waals surface area contributed by atoms with Gasteiger partial charge in [-0.3, -0.25) is 9.59 Å². The third kappa shape index (κ3) is 3.69. The van der Waals surface area contributed by atoms with Crippen molar-refractivity contribution in [3.05, 3.63) is 0 Å². The fourth-order valence-electron chi connectivity index (χ4n) is 2.27. The predicted molar refractivity (Wildman–Crippen MR) is 71.6 cm³/mol. The average Bonchev–Trinajstić information content (AvgIpc) is 3.20. The Kier molecular flexibility index (Phi) is 4.45. The summed E-state index contributed by atoms with van der Waals surface area (Å²) in [5, 5.41) is 2.83. The van der Waals surface area contributed by atoms with Gasteiger partial charge in [-0.05, 0) is 32.1 Å². The smallest absolute Gasteiger partial charge is 0.248 e. The van der Waals surface area contributed by atoms with Gasteiger partial charge in [-0.15, -0.1) is 0 Å². The Morgan fingerprint density at radius 1 is 1.42 bits per heavy atom. The first-order valence-corrected chi connectivity index (χ1v) is 7.23. The molecule has 0 spiro atoms. The molecule has 1 saturated heterocycles. The van der Waals surface area contributed by atoms with Crippen molar-refractivity contribution in [2.45, 2.75) is 45.1 Å². The predicted octanol–water partition coefficient (Wildman–Crippen LogP) is 0.930. The summed E-state index contributed by atoms with van der Waals surface area (Å²) in [7, 11) is 0. The molecule has 1 unspecified atom stereocenters. The first kappa shape index (κ1) is 14.3. The van der Waals surface area contributed by atoms with Gasteiger partial charge in [0.05, 0.1) is 6.61 Å². The van der Waals surface area contributed by atoms with E-state index in [0.717, 1.165) is 12.5 Å². The van der Waals surface area contributed by atoms with Gasteiger partial charge in [0, 0.05) is 26.1 Å². The van der Waals surface area contributed by atoms with Crippen LogP contribution in [0, 0.1) is 5.92 Å². The molecule has 0 aromatic carbocycles. The minimum absolute atomic E-state index is 0.0101. The second kappa shape index (κ2) is 5.90. The molecule has 1 aliphatic heterocycles. The Bertz CT molecular complexity index is 355. The topological polar surface area (TPSA) is 58.6 Å². The fraction of sp³-hybridized carbons (Fsp3) is 0.857. The molecule has 0 aromatic rings. The number of nitrogens with zero attached hydrogens (tertiary/aromatic N) is 1. The molecule has 0 bridgehead atoms. The minimum atomic E-state index is -0.760. The second-order valence-electron chi connectivity index (χ2n) is 5.79. The molecule has 0 aromatic heterocycles. The molecule has 2 amide bonds. The number of hydrogen-bond donors (Lipinski definition) is 1. The summed E-state index contributed by atoms with van der Waals surface area (Å²) in [6.07, 6.45) is 3.53. The summed E-state index contributed by atoms with van der Waals surface area (Å²) >= 11 is 0. The van der Waals surface area contributed by atoms with Crippen LogP contribution in [0.4, 0.5) is 0 Å². The SMILES string of the molecule is CCC1(C)NC(=O)CCN(CCOCC2CC2)C1=O. The molecule has 1 aliphatic carbocycles. The van der Waals surface area contributed by atoms with Gasteiger partial charge in [-0.1, -0.05) is 6.92 Å². The minimum Gasteiger partial charge on any atom is -0.379 e. The van der Waals surface area contributed by atoms with Gasteiger partial charge >= 0.3 is 0 Å². The van der Waals surface area contributed by atoms with Crippen LogP contribution in [0.15, 0.2) is 0 Å². The Labute approximate surface area is 114 Å². The van der Waals surface area contributed by atoms with Crippen LogP contribution in [-0.4, -0.2) is 48.6 Å². The van der Waals surface area contributed by atoms with E-state index in [9.17, 15) is 9.59 Å². The summed E-state index contributed by atoms with van der Waals surface area (Å²) < 4.78 is 5.58. The highest BCUT2D eigenvalue weighted by Crippen LogP contribution is 2.28. The Morgan fingerprint density at radius 3 is 2.79 bits per heavy atom. The lowest BCUT2D eigenvalue weighted by Gasteiger charge is -2.31. The fourth-order valence-corrected chi connectivity index (χ4v) is 2.27. The van der Waals surface area contributed by atoms with Gasteiger partial charge in [0.1, 0.15) is 5.54 Å². The quantitative estimate of drug-likeness (QED) is 0.729. The third-order valence-electron chi connectivity index (χ3n) is 4.05. The van der Waals surface area contributed by atoms with E-state index in [0.29, 0.717) is 32.5 Å². The molecule has 108 valence electrons. The zero-order chi connectivity index (χ0) is 13.9. The molecule has 1 heterocycles. The molecule has 19 heavy (non-hydrogen) atoms. The van der Waals surface area contributed by atoms with Crippen molar-refractivity contribution in [2.24, 2.45) is 5.92 Å². The van der Waals surface area contributed by atoms with Gasteiger partial charge < -0.3 is 15.0 Å². The maximum absolute atomic E-state index is 12.4. The number of carbonyl (C=O) groups is 2. The standard InChI is InChI=1S/C14H24N2O3/c1-3-14(2)13(18)16(7-6-12(17)15-14)8-9-19-10-11-4-5-11/h11H,3-10H2,1-2H3,(H,15,17). The number of amides is 2. The van der Waals surface area contributed by atoms with Crippen molar-refractivity contribution in [3.8, 4) is 0 Å². The summed E-state index contributed by atoms with van der Waals surface area (Å²) in [5.41, 5.74) is -0.760. The van der Waals surface area contributed by atoms with Gasteiger partial charge in [0.25, 0.3) is 0 Å². The summed E-state index contributed by atoms with van der Waals surface area (Å²) in [6, 6.07) is 0. The first-order chi connectivity index (χ1) is 9.05. The normalized spacial score (nSPS) is 28.2. The van der Waals surface area contributed by atoms with E-state index in [1.54, 1.807) is 11.8 Å². The van der Waals surface area contributed by atoms with E-state index in [1.807, 2.05) is 6.92 Å². The monoisotopic (exact) mass is 268 g/mol. The molecule has 1 N–H and O–H groups in total. The zero-order valence-corrected chi connectivity index (χ0v) is 11.9. The van der Waals surface area contributed by atoms with E-state index in [-0.39, 0.29) is 11.8 Å². The largest absolute Gasteiger partial charge is 0.379 e. The Balaban J connectivity index is 1.86. The van der Waals surface area contributed by atoms with Crippen LogP contribution in [0.2, 0.25) is 0 Å². The number of carbonyl (C=O) groups excluding carboxylic acids is 2. The summed E-state index contributed by atoms with van der Waals surface area (Å²) in [4.78, 5) is 25.9. The second-order valence-corrected chi connectivity index (χ2v) is 5.79. The van der Waals surface area contributed by atoms with Crippen molar-refractivity contribution in [1.82, 2.24) is 10.2 Å². The molecule has 2 rings (SSSR count). The number of ether oxygens (including phenoxy) is 1. The van der Waals surface area contributed by atoms with Crippen molar-refractivity contribution in [1.29, 1.82) is 0 Å². The third-order valence-corrected chi connectivity index (χ3v) is 4.05.